The number of benzene rings is 2. The molecule has 0 saturated heterocycles. The van der Waals surface area contributed by atoms with Crippen LogP contribution in [0.2, 0.25) is 0 Å². The Bertz CT molecular complexity index is 789. The van der Waals surface area contributed by atoms with Crippen molar-refractivity contribution in [2.24, 2.45) is 0 Å². The van der Waals surface area contributed by atoms with Crippen molar-refractivity contribution in [3.8, 4) is 0 Å². The van der Waals surface area contributed by atoms with Crippen molar-refractivity contribution in [3.63, 3.8) is 0 Å². The maximum Gasteiger partial charge on any atom is 0.289 e. The van der Waals surface area contributed by atoms with Crippen molar-refractivity contribution >= 4 is 15.7 Å². The van der Waals surface area contributed by atoms with Crippen molar-refractivity contribution in [1.82, 2.24) is 4.31 Å². The summed E-state index contributed by atoms with van der Waals surface area (Å²) in [5.41, 5.74) is 0.412. The average Bonchev–Trinajstić information content (AvgIpc) is 2.53. The summed E-state index contributed by atoms with van der Waals surface area (Å²) < 4.78 is 27.1. The number of hydrogen-bond donors (Lipinski definition) is 0. The first-order valence-corrected chi connectivity index (χ1v) is 8.57. The van der Waals surface area contributed by atoms with Gasteiger partial charge < -0.3 is 0 Å². The van der Waals surface area contributed by atoms with Crippen LogP contribution in [0.1, 0.15) is 19.4 Å². The molecule has 0 aliphatic heterocycles. The van der Waals surface area contributed by atoms with E-state index in [1.54, 1.807) is 13.8 Å². The minimum absolute atomic E-state index is 0.160. The molecule has 0 atom stereocenters. The van der Waals surface area contributed by atoms with E-state index in [-0.39, 0.29) is 17.5 Å². The van der Waals surface area contributed by atoms with Gasteiger partial charge in [0.25, 0.3) is 5.69 Å². The van der Waals surface area contributed by atoms with Gasteiger partial charge in [0.05, 0.1) is 4.92 Å². The van der Waals surface area contributed by atoms with Crippen LogP contribution in [-0.2, 0) is 16.6 Å². The molecule has 0 amide bonds. The number of nitrogens with zero attached hydrogens (tertiary/aromatic N) is 2. The van der Waals surface area contributed by atoms with Crippen molar-refractivity contribution < 1.29 is 13.3 Å². The number of hydrogen-bond acceptors (Lipinski definition) is 4. The zero-order valence-electron chi connectivity index (χ0n) is 12.9. The molecule has 6 nitrogen and oxygen atoms in total. The molecule has 7 heteroatoms. The lowest BCUT2D eigenvalue weighted by atomic mass is 10.2. The molecule has 122 valence electrons. The Kier molecular flexibility index (Phi) is 5.12. The summed E-state index contributed by atoms with van der Waals surface area (Å²) in [5.74, 6) is 0. The van der Waals surface area contributed by atoms with Gasteiger partial charge in [-0.05, 0) is 25.5 Å². The predicted molar refractivity (Wildman–Crippen MR) is 87.4 cm³/mol. The van der Waals surface area contributed by atoms with Gasteiger partial charge in [0.15, 0.2) is 4.90 Å². The van der Waals surface area contributed by atoms with E-state index in [4.69, 9.17) is 0 Å². The molecule has 0 saturated carbocycles. The van der Waals surface area contributed by atoms with E-state index in [1.165, 1.54) is 28.6 Å². The average molecular weight is 334 g/mol. The van der Waals surface area contributed by atoms with Gasteiger partial charge in [-0.1, -0.05) is 42.5 Å². The normalized spacial score (nSPS) is 11.8. The Hall–Kier alpha value is -2.25. The maximum atomic E-state index is 12.9. The molecule has 0 fully saturated rings. The predicted octanol–water partition coefficient (Wildman–Crippen LogP) is 3.19. The highest BCUT2D eigenvalue weighted by molar-refractivity contribution is 7.89. The lowest BCUT2D eigenvalue weighted by Gasteiger charge is -2.25. The first-order valence-electron chi connectivity index (χ1n) is 7.13. The van der Waals surface area contributed by atoms with Crippen LogP contribution in [-0.4, -0.2) is 23.7 Å². The lowest BCUT2D eigenvalue weighted by Crippen LogP contribution is -2.36. The zero-order chi connectivity index (χ0) is 17.0. The highest BCUT2D eigenvalue weighted by atomic mass is 32.2. The van der Waals surface area contributed by atoms with Crippen LogP contribution in [0.15, 0.2) is 59.5 Å². The van der Waals surface area contributed by atoms with E-state index in [2.05, 4.69) is 0 Å². The maximum absolute atomic E-state index is 12.9. The van der Waals surface area contributed by atoms with Crippen LogP contribution in [0.4, 0.5) is 5.69 Å². The van der Waals surface area contributed by atoms with E-state index in [1.807, 2.05) is 30.3 Å². The first-order chi connectivity index (χ1) is 10.8. The van der Waals surface area contributed by atoms with E-state index >= 15 is 0 Å². The molecule has 0 spiro atoms. The topological polar surface area (TPSA) is 80.5 Å². The van der Waals surface area contributed by atoms with Crippen molar-refractivity contribution in [3.05, 3.63) is 70.3 Å². The molecule has 0 heterocycles. The number of sulfonamides is 1. The second-order valence-electron chi connectivity index (χ2n) is 5.35. The van der Waals surface area contributed by atoms with Gasteiger partial charge in [-0.2, -0.15) is 4.31 Å². The van der Waals surface area contributed by atoms with Gasteiger partial charge in [-0.3, -0.25) is 10.1 Å². The SMILES string of the molecule is CC(C)N(Cc1ccccc1)S(=O)(=O)c1ccccc1[N+](=O)[O-]. The molecule has 0 aliphatic rings. The molecule has 0 aromatic heterocycles. The lowest BCUT2D eigenvalue weighted by molar-refractivity contribution is -0.387. The fourth-order valence-corrected chi connectivity index (χ4v) is 4.05. The molecule has 0 N–H and O–H groups in total. The molecule has 0 radical (unpaired) electrons. The molecule has 2 aromatic carbocycles. The minimum atomic E-state index is -3.98. The Balaban J connectivity index is 2.48. The fraction of sp³-hybridized carbons (Fsp3) is 0.250. The quantitative estimate of drug-likeness (QED) is 0.600. The smallest absolute Gasteiger partial charge is 0.258 e. The Morgan fingerprint density at radius 2 is 1.61 bits per heavy atom. The summed E-state index contributed by atoms with van der Waals surface area (Å²) in [5, 5.41) is 11.1. The number of rotatable bonds is 6. The van der Waals surface area contributed by atoms with Crippen LogP contribution in [0.3, 0.4) is 0 Å². The number of para-hydroxylation sites is 1. The summed E-state index contributed by atoms with van der Waals surface area (Å²) in [6.45, 7) is 3.65. The highest BCUT2D eigenvalue weighted by Crippen LogP contribution is 2.28. The van der Waals surface area contributed by atoms with Gasteiger partial charge in [0.1, 0.15) is 0 Å². The fourth-order valence-electron chi connectivity index (χ4n) is 2.26. The first kappa shape index (κ1) is 17.1. The summed E-state index contributed by atoms with van der Waals surface area (Å²) in [7, 11) is -3.98. The molecule has 2 rings (SSSR count). The molecular weight excluding hydrogens is 316 g/mol. The Morgan fingerprint density at radius 1 is 1.04 bits per heavy atom. The monoisotopic (exact) mass is 334 g/mol. The van der Waals surface area contributed by atoms with Crippen LogP contribution >= 0.6 is 0 Å². The van der Waals surface area contributed by atoms with E-state index in [0.717, 1.165) is 5.56 Å². The summed E-state index contributed by atoms with van der Waals surface area (Å²) in [6.07, 6.45) is 0. The molecule has 0 bridgehead atoms. The van der Waals surface area contributed by atoms with Crippen LogP contribution in [0.25, 0.3) is 0 Å². The third-order valence-corrected chi connectivity index (χ3v) is 5.48. The van der Waals surface area contributed by atoms with Crippen molar-refractivity contribution in [2.75, 3.05) is 0 Å². The largest absolute Gasteiger partial charge is 0.289 e. The second-order valence-corrected chi connectivity index (χ2v) is 7.21. The van der Waals surface area contributed by atoms with Gasteiger partial charge in [-0.25, -0.2) is 8.42 Å². The van der Waals surface area contributed by atoms with Gasteiger partial charge >= 0.3 is 0 Å². The molecule has 2 aromatic rings. The zero-order valence-corrected chi connectivity index (χ0v) is 13.7. The molecule has 23 heavy (non-hydrogen) atoms. The Labute approximate surface area is 135 Å². The van der Waals surface area contributed by atoms with Crippen LogP contribution in [0, 0.1) is 10.1 Å². The minimum Gasteiger partial charge on any atom is -0.258 e. The second kappa shape index (κ2) is 6.89. The third kappa shape index (κ3) is 3.75. The van der Waals surface area contributed by atoms with Gasteiger partial charge in [0, 0.05) is 18.7 Å². The number of nitro groups is 1. The standard InChI is InChI=1S/C16H18N2O4S/c1-13(2)17(12-14-8-4-3-5-9-14)23(21,22)16-11-7-6-10-15(16)18(19)20/h3-11,13H,12H2,1-2H3. The van der Waals surface area contributed by atoms with Crippen LogP contribution < -0.4 is 0 Å². The summed E-state index contributed by atoms with van der Waals surface area (Å²) in [6, 6.07) is 14.2. The molecular formula is C16H18N2O4S. The Morgan fingerprint density at radius 3 is 2.17 bits per heavy atom. The molecule has 0 unspecified atom stereocenters. The summed E-state index contributed by atoms with van der Waals surface area (Å²) >= 11 is 0. The highest BCUT2D eigenvalue weighted by Gasteiger charge is 2.32. The van der Waals surface area contributed by atoms with Gasteiger partial charge in [0.2, 0.25) is 10.0 Å². The van der Waals surface area contributed by atoms with E-state index < -0.39 is 20.6 Å². The van der Waals surface area contributed by atoms with E-state index in [0.29, 0.717) is 0 Å². The third-order valence-electron chi connectivity index (χ3n) is 3.41. The van der Waals surface area contributed by atoms with Crippen molar-refractivity contribution in [2.45, 2.75) is 31.3 Å². The molecule has 0 aliphatic carbocycles. The van der Waals surface area contributed by atoms with E-state index in [9.17, 15) is 18.5 Å². The van der Waals surface area contributed by atoms with Crippen LogP contribution in [0.5, 0.6) is 0 Å². The van der Waals surface area contributed by atoms with Crippen molar-refractivity contribution in [1.29, 1.82) is 0 Å². The van der Waals surface area contributed by atoms with Gasteiger partial charge in [-0.15, -0.1) is 0 Å². The summed E-state index contributed by atoms with van der Waals surface area (Å²) in [4.78, 5) is 10.2. The number of nitro benzene ring substituents is 1.